The van der Waals surface area contributed by atoms with E-state index in [9.17, 15) is 4.79 Å². The number of nitrogens with zero attached hydrogens (tertiary/aromatic N) is 2. The van der Waals surface area contributed by atoms with Crippen molar-refractivity contribution in [2.24, 2.45) is 0 Å². The molecule has 2 heterocycles. The molecule has 1 saturated heterocycles. The van der Waals surface area contributed by atoms with Crippen LogP contribution >= 0.6 is 11.6 Å². The number of nitrogens with one attached hydrogen (secondary N) is 1. The highest BCUT2D eigenvalue weighted by molar-refractivity contribution is 6.33. The Bertz CT molecular complexity index is 667. The molecule has 5 nitrogen and oxygen atoms in total. The molecule has 1 aliphatic rings. The summed E-state index contributed by atoms with van der Waals surface area (Å²) in [4.78, 5) is 17.0. The Kier molecular flexibility index (Phi) is 5.56. The molecular formula is C18H22ClN3O2. The van der Waals surface area contributed by atoms with Crippen molar-refractivity contribution in [2.45, 2.75) is 19.5 Å². The van der Waals surface area contributed by atoms with Crippen LogP contribution in [-0.2, 0) is 11.3 Å². The van der Waals surface area contributed by atoms with Gasteiger partial charge in [0, 0.05) is 26.2 Å². The zero-order valence-electron chi connectivity index (χ0n) is 13.7. The lowest BCUT2D eigenvalue weighted by Gasteiger charge is -2.37. The molecule has 1 aromatic heterocycles. The van der Waals surface area contributed by atoms with E-state index in [-0.39, 0.29) is 11.9 Å². The Balaban J connectivity index is 1.50. The summed E-state index contributed by atoms with van der Waals surface area (Å²) in [5.74, 6) is 0.954. The summed E-state index contributed by atoms with van der Waals surface area (Å²) >= 11 is 6.10. The zero-order valence-corrected chi connectivity index (χ0v) is 14.5. The summed E-state index contributed by atoms with van der Waals surface area (Å²) in [7, 11) is 0. The predicted molar refractivity (Wildman–Crippen MR) is 95.1 cm³/mol. The molecule has 3 rings (SSSR count). The van der Waals surface area contributed by atoms with Crippen LogP contribution in [-0.4, -0.2) is 47.9 Å². The predicted octanol–water partition coefficient (Wildman–Crippen LogP) is 3.08. The molecule has 1 fully saturated rings. The van der Waals surface area contributed by atoms with Gasteiger partial charge in [-0.15, -0.1) is 0 Å². The first-order valence-electron chi connectivity index (χ1n) is 8.17. The number of rotatable bonds is 5. The summed E-state index contributed by atoms with van der Waals surface area (Å²) in [6, 6.07) is 11.0. The van der Waals surface area contributed by atoms with Crippen LogP contribution in [0, 0.1) is 0 Å². The second-order valence-electron chi connectivity index (χ2n) is 6.04. The Labute approximate surface area is 147 Å². The summed E-state index contributed by atoms with van der Waals surface area (Å²) < 4.78 is 5.39. The molecule has 1 atom stereocenters. The number of anilines is 1. The fourth-order valence-electron chi connectivity index (χ4n) is 2.90. The summed E-state index contributed by atoms with van der Waals surface area (Å²) in [6.45, 7) is 6.32. The Morgan fingerprint density at radius 3 is 2.62 bits per heavy atom. The maximum Gasteiger partial charge on any atom is 0.241 e. The molecule has 24 heavy (non-hydrogen) atoms. The first-order chi connectivity index (χ1) is 11.6. The van der Waals surface area contributed by atoms with Gasteiger partial charge in [0.15, 0.2) is 0 Å². The van der Waals surface area contributed by atoms with E-state index in [0.717, 1.165) is 38.5 Å². The maximum absolute atomic E-state index is 12.5. The summed E-state index contributed by atoms with van der Waals surface area (Å²) in [5, 5.41) is 3.47. The van der Waals surface area contributed by atoms with Crippen LogP contribution in [0.2, 0.25) is 5.02 Å². The molecule has 0 bridgehead atoms. The fourth-order valence-corrected chi connectivity index (χ4v) is 3.08. The number of carbonyl (C=O) groups is 1. The second-order valence-corrected chi connectivity index (χ2v) is 6.44. The Morgan fingerprint density at radius 2 is 1.96 bits per heavy atom. The largest absolute Gasteiger partial charge is 0.468 e. The van der Waals surface area contributed by atoms with Gasteiger partial charge in [0.25, 0.3) is 0 Å². The molecule has 0 radical (unpaired) electrons. The molecule has 1 aliphatic heterocycles. The van der Waals surface area contributed by atoms with Gasteiger partial charge in [-0.05, 0) is 31.2 Å². The molecule has 1 N–H and O–H groups in total. The van der Waals surface area contributed by atoms with E-state index < -0.39 is 0 Å². The quantitative estimate of drug-likeness (QED) is 0.903. The average Bonchev–Trinajstić information content (AvgIpc) is 3.10. The van der Waals surface area contributed by atoms with Gasteiger partial charge in [-0.3, -0.25) is 14.6 Å². The molecule has 0 spiro atoms. The smallest absolute Gasteiger partial charge is 0.241 e. The van der Waals surface area contributed by atoms with Crippen LogP contribution in [0.3, 0.4) is 0 Å². The molecule has 1 aromatic carbocycles. The van der Waals surface area contributed by atoms with Gasteiger partial charge in [-0.25, -0.2) is 0 Å². The van der Waals surface area contributed by atoms with Crippen LogP contribution in [0.4, 0.5) is 5.69 Å². The summed E-state index contributed by atoms with van der Waals surface area (Å²) in [5.41, 5.74) is 0.660. The zero-order chi connectivity index (χ0) is 16.9. The highest BCUT2D eigenvalue weighted by Gasteiger charge is 2.26. The molecule has 0 saturated carbocycles. The summed E-state index contributed by atoms with van der Waals surface area (Å²) in [6.07, 6.45) is 1.70. The molecule has 128 valence electrons. The highest BCUT2D eigenvalue weighted by Crippen LogP contribution is 2.21. The van der Waals surface area contributed by atoms with Crippen molar-refractivity contribution in [2.75, 3.05) is 31.5 Å². The van der Waals surface area contributed by atoms with E-state index >= 15 is 0 Å². The van der Waals surface area contributed by atoms with Crippen LogP contribution in [0.25, 0.3) is 0 Å². The van der Waals surface area contributed by atoms with Crippen molar-refractivity contribution in [1.82, 2.24) is 9.80 Å². The minimum Gasteiger partial charge on any atom is -0.468 e. The Hall–Kier alpha value is -1.82. The number of furan rings is 1. The lowest BCUT2D eigenvalue weighted by Crippen LogP contribution is -2.52. The number of benzene rings is 1. The number of carbonyl (C=O) groups excluding carboxylic acids is 1. The van der Waals surface area contributed by atoms with Crippen LogP contribution < -0.4 is 5.32 Å². The molecule has 6 heteroatoms. The van der Waals surface area contributed by atoms with Gasteiger partial charge in [0.2, 0.25) is 5.91 Å². The molecule has 0 aliphatic carbocycles. The van der Waals surface area contributed by atoms with Gasteiger partial charge in [-0.1, -0.05) is 23.7 Å². The van der Waals surface area contributed by atoms with E-state index in [4.69, 9.17) is 16.0 Å². The minimum atomic E-state index is -0.188. The standard InChI is InChI=1S/C18H22ClN3O2/c1-14(18(23)20-17-7-3-2-6-16(17)19)22-10-8-21(9-11-22)13-15-5-4-12-24-15/h2-7,12,14H,8-11,13H2,1H3,(H,20,23). The third-order valence-electron chi connectivity index (χ3n) is 4.43. The third kappa shape index (κ3) is 4.17. The average molecular weight is 348 g/mol. The van der Waals surface area contributed by atoms with Gasteiger partial charge in [0.05, 0.1) is 29.6 Å². The normalized spacial score (nSPS) is 17.6. The van der Waals surface area contributed by atoms with Gasteiger partial charge in [0.1, 0.15) is 5.76 Å². The van der Waals surface area contributed by atoms with Gasteiger partial charge < -0.3 is 9.73 Å². The number of hydrogen-bond acceptors (Lipinski definition) is 4. The van der Waals surface area contributed by atoms with E-state index in [1.165, 1.54) is 0 Å². The second kappa shape index (κ2) is 7.83. The minimum absolute atomic E-state index is 0.0254. The fraction of sp³-hybridized carbons (Fsp3) is 0.389. The topological polar surface area (TPSA) is 48.7 Å². The van der Waals surface area contributed by atoms with E-state index in [0.29, 0.717) is 10.7 Å². The molecular weight excluding hydrogens is 326 g/mol. The number of piperazine rings is 1. The van der Waals surface area contributed by atoms with Crippen molar-refractivity contribution in [3.63, 3.8) is 0 Å². The molecule has 1 amide bonds. The maximum atomic E-state index is 12.5. The first kappa shape index (κ1) is 17.0. The number of halogens is 1. The van der Waals surface area contributed by atoms with Gasteiger partial charge in [-0.2, -0.15) is 0 Å². The van der Waals surface area contributed by atoms with Crippen LogP contribution in [0.1, 0.15) is 12.7 Å². The lowest BCUT2D eigenvalue weighted by atomic mass is 10.2. The van der Waals surface area contributed by atoms with Crippen LogP contribution in [0.15, 0.2) is 47.1 Å². The van der Waals surface area contributed by atoms with Crippen molar-refractivity contribution in [3.8, 4) is 0 Å². The van der Waals surface area contributed by atoms with Gasteiger partial charge >= 0.3 is 0 Å². The van der Waals surface area contributed by atoms with Crippen molar-refractivity contribution < 1.29 is 9.21 Å². The van der Waals surface area contributed by atoms with Crippen molar-refractivity contribution in [1.29, 1.82) is 0 Å². The van der Waals surface area contributed by atoms with Crippen molar-refractivity contribution in [3.05, 3.63) is 53.4 Å². The van der Waals surface area contributed by atoms with Crippen LogP contribution in [0.5, 0.6) is 0 Å². The lowest BCUT2D eigenvalue weighted by molar-refractivity contribution is -0.121. The van der Waals surface area contributed by atoms with E-state index in [1.54, 1.807) is 12.3 Å². The monoisotopic (exact) mass is 347 g/mol. The number of para-hydroxylation sites is 1. The Morgan fingerprint density at radius 1 is 1.21 bits per heavy atom. The van der Waals surface area contributed by atoms with E-state index in [2.05, 4.69) is 15.1 Å². The SMILES string of the molecule is CC(C(=O)Nc1ccccc1Cl)N1CCN(Cc2ccco2)CC1. The highest BCUT2D eigenvalue weighted by atomic mass is 35.5. The first-order valence-corrected chi connectivity index (χ1v) is 8.55. The number of amides is 1. The van der Waals surface area contributed by atoms with Crippen molar-refractivity contribution >= 4 is 23.2 Å². The molecule has 1 unspecified atom stereocenters. The molecule has 2 aromatic rings. The number of hydrogen-bond donors (Lipinski definition) is 1. The third-order valence-corrected chi connectivity index (χ3v) is 4.75. The van der Waals surface area contributed by atoms with E-state index in [1.807, 2.05) is 37.3 Å².